The molecule has 0 bridgehead atoms. The normalized spacial score (nSPS) is 33.9. The van der Waals surface area contributed by atoms with Gasteiger partial charge in [0.15, 0.2) is 0 Å². The number of nitrogens with zero attached hydrogens (tertiary/aromatic N) is 3. The van der Waals surface area contributed by atoms with Gasteiger partial charge in [-0.2, -0.15) is 0 Å². The molecule has 9 heavy (non-hydrogen) atoms. The van der Waals surface area contributed by atoms with E-state index in [-0.39, 0.29) is 6.04 Å². The first-order valence-electron chi connectivity index (χ1n) is 3.10. The first-order valence-corrected chi connectivity index (χ1v) is 3.10. The molecule has 1 fully saturated rings. The maximum Gasteiger partial charge on any atom is 0.0513 e. The quantitative estimate of drug-likeness (QED) is 0.318. The van der Waals surface area contributed by atoms with Crippen LogP contribution in [0.25, 0.3) is 10.4 Å². The van der Waals surface area contributed by atoms with Gasteiger partial charge in [0.2, 0.25) is 0 Å². The fourth-order valence-corrected chi connectivity index (χ4v) is 1.07. The second-order valence-corrected chi connectivity index (χ2v) is 2.40. The third-order valence-electron chi connectivity index (χ3n) is 1.54. The lowest BCUT2D eigenvalue weighted by atomic mass is 10.2. The molecule has 4 heteroatoms. The summed E-state index contributed by atoms with van der Waals surface area (Å²) in [5.74, 6) is 0. The fraction of sp³-hybridized carbons (Fsp3) is 1.00. The van der Waals surface area contributed by atoms with Gasteiger partial charge in [0, 0.05) is 17.5 Å². The molecule has 0 saturated carbocycles. The first kappa shape index (κ1) is 6.39. The van der Waals surface area contributed by atoms with E-state index in [0.29, 0.717) is 6.04 Å². The van der Waals surface area contributed by atoms with Crippen LogP contribution in [0.3, 0.4) is 0 Å². The van der Waals surface area contributed by atoms with E-state index < -0.39 is 0 Å². The van der Waals surface area contributed by atoms with Crippen LogP contribution >= 0.6 is 0 Å². The largest absolute Gasteiger partial charge is 0.314 e. The molecule has 50 valence electrons. The summed E-state index contributed by atoms with van der Waals surface area (Å²) in [6.45, 7) is 2.93. The van der Waals surface area contributed by atoms with Gasteiger partial charge < -0.3 is 5.32 Å². The molecule has 0 unspecified atom stereocenters. The summed E-state index contributed by atoms with van der Waals surface area (Å²) in [6.07, 6.45) is 0.976. The predicted molar refractivity (Wildman–Crippen MR) is 35.0 cm³/mol. The Morgan fingerprint density at radius 2 is 2.56 bits per heavy atom. The highest BCUT2D eigenvalue weighted by atomic mass is 15.2. The Kier molecular flexibility index (Phi) is 1.92. The molecule has 0 aromatic carbocycles. The lowest BCUT2D eigenvalue weighted by Gasteiger charge is -1.96. The lowest BCUT2D eigenvalue weighted by molar-refractivity contribution is 0.656. The van der Waals surface area contributed by atoms with Crippen molar-refractivity contribution in [1.82, 2.24) is 5.32 Å². The highest BCUT2D eigenvalue weighted by molar-refractivity contribution is 4.83. The summed E-state index contributed by atoms with van der Waals surface area (Å²) >= 11 is 0. The summed E-state index contributed by atoms with van der Waals surface area (Å²) in [5.41, 5.74) is 8.04. The molecule has 1 aliphatic heterocycles. The molecule has 1 aliphatic rings. The fourth-order valence-electron chi connectivity index (χ4n) is 1.07. The summed E-state index contributed by atoms with van der Waals surface area (Å²) in [5, 5.41) is 6.78. The van der Waals surface area contributed by atoms with Crippen LogP contribution in [0.1, 0.15) is 13.3 Å². The van der Waals surface area contributed by atoms with Crippen molar-refractivity contribution in [1.29, 1.82) is 0 Å². The van der Waals surface area contributed by atoms with Crippen LogP contribution in [0.4, 0.5) is 0 Å². The van der Waals surface area contributed by atoms with Gasteiger partial charge in [-0.25, -0.2) is 0 Å². The highest BCUT2D eigenvalue weighted by Gasteiger charge is 2.18. The summed E-state index contributed by atoms with van der Waals surface area (Å²) in [6, 6.07) is 0.700. The predicted octanol–water partition coefficient (Wildman–Crippen LogP) is 1.05. The second-order valence-electron chi connectivity index (χ2n) is 2.40. The van der Waals surface area contributed by atoms with Crippen LogP contribution in [-0.4, -0.2) is 18.6 Å². The molecule has 1 rings (SSSR count). The smallest absolute Gasteiger partial charge is 0.0513 e. The molecule has 1 saturated heterocycles. The van der Waals surface area contributed by atoms with E-state index in [9.17, 15) is 0 Å². The second kappa shape index (κ2) is 2.71. The van der Waals surface area contributed by atoms with Gasteiger partial charge in [0.1, 0.15) is 0 Å². The Morgan fingerprint density at radius 3 is 3.00 bits per heavy atom. The molecular weight excluding hydrogens is 116 g/mol. The molecule has 2 atom stereocenters. The minimum absolute atomic E-state index is 0.185. The van der Waals surface area contributed by atoms with E-state index in [0.717, 1.165) is 13.0 Å². The monoisotopic (exact) mass is 126 g/mol. The maximum atomic E-state index is 8.04. The van der Waals surface area contributed by atoms with Gasteiger partial charge in [-0.1, -0.05) is 5.11 Å². The Hall–Kier alpha value is -0.730. The molecule has 1 heterocycles. The average Bonchev–Trinajstić information content (AvgIpc) is 2.17. The van der Waals surface area contributed by atoms with Crippen molar-refractivity contribution in [3.63, 3.8) is 0 Å². The summed E-state index contributed by atoms with van der Waals surface area (Å²) < 4.78 is 0. The van der Waals surface area contributed by atoms with Crippen molar-refractivity contribution in [2.45, 2.75) is 25.4 Å². The van der Waals surface area contributed by atoms with E-state index in [1.54, 1.807) is 0 Å². The SMILES string of the molecule is C[C@@H]1C[C@@H](N=[N+]=[N-])CN1. The number of rotatable bonds is 1. The minimum Gasteiger partial charge on any atom is -0.314 e. The van der Waals surface area contributed by atoms with Crippen LogP contribution in [0, 0.1) is 0 Å². The van der Waals surface area contributed by atoms with Gasteiger partial charge in [0.05, 0.1) is 6.04 Å². The Labute approximate surface area is 53.9 Å². The van der Waals surface area contributed by atoms with Crippen molar-refractivity contribution in [2.24, 2.45) is 5.11 Å². The molecule has 1 N–H and O–H groups in total. The molecule has 4 nitrogen and oxygen atoms in total. The molecule has 0 aromatic heterocycles. The average molecular weight is 126 g/mol. The standard InChI is InChI=1S/C5H10N4/c1-4-2-5(3-7-4)8-9-6/h4-5,7H,2-3H2,1H3/t4-,5-/m1/s1. The van der Waals surface area contributed by atoms with E-state index in [1.807, 2.05) is 0 Å². The zero-order chi connectivity index (χ0) is 6.69. The summed E-state index contributed by atoms with van der Waals surface area (Å²) in [4.78, 5) is 2.74. The van der Waals surface area contributed by atoms with Crippen LogP contribution < -0.4 is 5.32 Å². The Bertz CT molecular complexity index is 138. The van der Waals surface area contributed by atoms with Gasteiger partial charge in [-0.05, 0) is 18.9 Å². The van der Waals surface area contributed by atoms with Crippen molar-refractivity contribution >= 4 is 0 Å². The van der Waals surface area contributed by atoms with Crippen molar-refractivity contribution in [3.05, 3.63) is 10.4 Å². The third kappa shape index (κ3) is 1.59. The minimum atomic E-state index is 0.185. The van der Waals surface area contributed by atoms with E-state index >= 15 is 0 Å². The number of hydrogen-bond acceptors (Lipinski definition) is 2. The van der Waals surface area contributed by atoms with Crippen molar-refractivity contribution in [3.8, 4) is 0 Å². The number of azide groups is 1. The van der Waals surface area contributed by atoms with Gasteiger partial charge in [-0.3, -0.25) is 0 Å². The van der Waals surface area contributed by atoms with Gasteiger partial charge in [-0.15, -0.1) is 0 Å². The molecule has 0 radical (unpaired) electrons. The highest BCUT2D eigenvalue weighted by Crippen LogP contribution is 2.08. The Morgan fingerprint density at radius 1 is 1.78 bits per heavy atom. The number of nitrogens with one attached hydrogen (secondary N) is 1. The first-order chi connectivity index (χ1) is 4.33. The van der Waals surface area contributed by atoms with Crippen molar-refractivity contribution < 1.29 is 0 Å². The molecule has 0 spiro atoms. The third-order valence-corrected chi connectivity index (χ3v) is 1.54. The van der Waals surface area contributed by atoms with Crippen LogP contribution in [-0.2, 0) is 0 Å². The number of hydrogen-bond donors (Lipinski definition) is 1. The van der Waals surface area contributed by atoms with Crippen LogP contribution in [0.2, 0.25) is 0 Å². The van der Waals surface area contributed by atoms with Crippen LogP contribution in [0.15, 0.2) is 5.11 Å². The maximum absolute atomic E-state index is 8.04. The van der Waals surface area contributed by atoms with Crippen molar-refractivity contribution in [2.75, 3.05) is 6.54 Å². The van der Waals surface area contributed by atoms with E-state index in [2.05, 4.69) is 22.3 Å². The van der Waals surface area contributed by atoms with Gasteiger partial charge in [0.25, 0.3) is 0 Å². The zero-order valence-corrected chi connectivity index (χ0v) is 5.41. The Balaban J connectivity index is 2.38. The molecular formula is C5H10N4. The topological polar surface area (TPSA) is 60.8 Å². The van der Waals surface area contributed by atoms with E-state index in [4.69, 9.17) is 5.53 Å². The lowest BCUT2D eigenvalue weighted by Crippen LogP contribution is -2.17. The summed E-state index contributed by atoms with van der Waals surface area (Å²) in [7, 11) is 0. The zero-order valence-electron chi connectivity index (χ0n) is 5.41. The molecule has 0 amide bonds. The van der Waals surface area contributed by atoms with Crippen LogP contribution in [0.5, 0.6) is 0 Å². The van der Waals surface area contributed by atoms with Gasteiger partial charge >= 0.3 is 0 Å². The van der Waals surface area contributed by atoms with E-state index in [1.165, 1.54) is 0 Å². The molecule has 0 aromatic rings. The molecule has 0 aliphatic carbocycles.